The highest BCUT2D eigenvalue weighted by Crippen LogP contribution is 2.20. The highest BCUT2D eigenvalue weighted by atomic mass is 16.5. The van der Waals surface area contributed by atoms with Crippen molar-refractivity contribution in [1.82, 2.24) is 4.98 Å². The number of anilines is 1. The molecule has 1 aromatic rings. The molecule has 0 aliphatic carbocycles. The maximum absolute atomic E-state index is 11.6. The number of nitrogens with zero attached hydrogens (tertiary/aromatic N) is 1. The number of nitrogens with two attached hydrogens (primary N) is 1. The van der Waals surface area contributed by atoms with Crippen molar-refractivity contribution in [1.29, 1.82) is 0 Å². The summed E-state index contributed by atoms with van der Waals surface area (Å²) in [6.45, 7) is 1.13. The summed E-state index contributed by atoms with van der Waals surface area (Å²) < 4.78 is 15.8. The van der Waals surface area contributed by atoms with E-state index in [9.17, 15) is 4.79 Å². The van der Waals surface area contributed by atoms with Gasteiger partial charge in [-0.05, 0) is 25.3 Å². The maximum Gasteiger partial charge on any atom is 0.343 e. The molecular formula is C13H18N2O4. The average molecular weight is 266 g/mol. The number of esters is 1. The van der Waals surface area contributed by atoms with E-state index >= 15 is 0 Å². The van der Waals surface area contributed by atoms with Crippen LogP contribution in [0.3, 0.4) is 0 Å². The fraction of sp³-hybridized carbons (Fsp3) is 0.538. The number of ether oxygens (including phenoxy) is 3. The zero-order valence-electron chi connectivity index (χ0n) is 10.9. The van der Waals surface area contributed by atoms with E-state index in [1.54, 1.807) is 0 Å². The van der Waals surface area contributed by atoms with Crippen molar-refractivity contribution < 1.29 is 19.0 Å². The second-order valence-electron chi connectivity index (χ2n) is 4.41. The smallest absolute Gasteiger partial charge is 0.343 e. The van der Waals surface area contributed by atoms with Crippen molar-refractivity contribution in [3.05, 3.63) is 17.8 Å². The molecule has 2 N–H and O–H groups in total. The van der Waals surface area contributed by atoms with E-state index in [-0.39, 0.29) is 17.5 Å². The first-order valence-electron chi connectivity index (χ1n) is 6.29. The Morgan fingerprint density at radius 1 is 1.58 bits per heavy atom. The molecule has 1 atom stereocenters. The Labute approximate surface area is 111 Å². The van der Waals surface area contributed by atoms with Gasteiger partial charge in [-0.2, -0.15) is 0 Å². The van der Waals surface area contributed by atoms with Gasteiger partial charge < -0.3 is 19.9 Å². The number of aromatic nitrogens is 1. The van der Waals surface area contributed by atoms with Crippen molar-refractivity contribution in [2.45, 2.75) is 25.4 Å². The lowest BCUT2D eigenvalue weighted by atomic mass is 10.1. The minimum absolute atomic E-state index is 0.0543. The molecule has 1 aliphatic heterocycles. The summed E-state index contributed by atoms with van der Waals surface area (Å²) >= 11 is 0. The molecule has 1 aliphatic rings. The average Bonchev–Trinajstić information content (AvgIpc) is 2.46. The lowest BCUT2D eigenvalue weighted by molar-refractivity contribution is -0.0122. The van der Waals surface area contributed by atoms with Crippen LogP contribution in [0.2, 0.25) is 0 Å². The molecule has 0 bridgehead atoms. The topological polar surface area (TPSA) is 83.7 Å². The molecule has 2 rings (SSSR count). The van der Waals surface area contributed by atoms with Crippen LogP contribution in [0.1, 0.15) is 29.6 Å². The fourth-order valence-electron chi connectivity index (χ4n) is 1.95. The number of carbonyl (C=O) groups is 1. The van der Waals surface area contributed by atoms with Crippen LogP contribution in [0, 0.1) is 0 Å². The van der Waals surface area contributed by atoms with E-state index in [1.165, 1.54) is 19.4 Å². The van der Waals surface area contributed by atoms with Gasteiger partial charge in [0.15, 0.2) is 0 Å². The lowest BCUT2D eigenvalue weighted by Crippen LogP contribution is -2.26. The first-order chi connectivity index (χ1) is 9.20. The molecule has 0 saturated carbocycles. The third-order valence-corrected chi connectivity index (χ3v) is 2.96. The largest absolute Gasteiger partial charge is 0.474 e. The van der Waals surface area contributed by atoms with Crippen molar-refractivity contribution >= 4 is 11.7 Å². The quantitative estimate of drug-likeness (QED) is 0.829. The minimum Gasteiger partial charge on any atom is -0.474 e. The number of pyridine rings is 1. The van der Waals surface area contributed by atoms with Crippen LogP contribution in [-0.2, 0) is 9.47 Å². The molecule has 0 aromatic carbocycles. The SMILES string of the molecule is COC(=O)c1cc(N)cnc1OCC1CCCCO1. The number of hydrogen-bond donors (Lipinski definition) is 1. The van der Waals surface area contributed by atoms with Crippen LogP contribution in [0.5, 0.6) is 5.88 Å². The summed E-state index contributed by atoms with van der Waals surface area (Å²) in [5.74, 6) is -0.283. The number of methoxy groups -OCH3 is 1. The zero-order chi connectivity index (χ0) is 13.7. The van der Waals surface area contributed by atoms with Crippen LogP contribution in [0.25, 0.3) is 0 Å². The third-order valence-electron chi connectivity index (χ3n) is 2.96. The van der Waals surface area contributed by atoms with Crippen molar-refractivity contribution in [3.8, 4) is 5.88 Å². The highest BCUT2D eigenvalue weighted by molar-refractivity contribution is 5.92. The van der Waals surface area contributed by atoms with Gasteiger partial charge in [-0.25, -0.2) is 9.78 Å². The molecule has 6 heteroatoms. The van der Waals surface area contributed by atoms with E-state index in [2.05, 4.69) is 9.72 Å². The Bertz CT molecular complexity index is 444. The van der Waals surface area contributed by atoms with Gasteiger partial charge in [0.25, 0.3) is 0 Å². The van der Waals surface area contributed by atoms with Gasteiger partial charge in [-0.15, -0.1) is 0 Å². The highest BCUT2D eigenvalue weighted by Gasteiger charge is 2.19. The van der Waals surface area contributed by atoms with E-state index in [0.29, 0.717) is 12.3 Å². The second kappa shape index (κ2) is 6.38. The van der Waals surface area contributed by atoms with Crippen LogP contribution >= 0.6 is 0 Å². The van der Waals surface area contributed by atoms with Gasteiger partial charge >= 0.3 is 5.97 Å². The van der Waals surface area contributed by atoms with Gasteiger partial charge in [-0.1, -0.05) is 0 Å². The third kappa shape index (κ3) is 3.57. The molecule has 0 amide bonds. The Balaban J connectivity index is 2.04. The molecule has 1 unspecified atom stereocenters. The summed E-state index contributed by atoms with van der Waals surface area (Å²) in [6.07, 6.45) is 4.68. The molecule has 19 heavy (non-hydrogen) atoms. The monoisotopic (exact) mass is 266 g/mol. The molecule has 6 nitrogen and oxygen atoms in total. The van der Waals surface area contributed by atoms with Gasteiger partial charge in [0.1, 0.15) is 12.2 Å². The van der Waals surface area contributed by atoms with Crippen molar-refractivity contribution in [3.63, 3.8) is 0 Å². The Hall–Kier alpha value is -1.82. The molecule has 104 valence electrons. The first kappa shape index (κ1) is 13.6. The number of hydrogen-bond acceptors (Lipinski definition) is 6. The number of carbonyl (C=O) groups excluding carboxylic acids is 1. The number of nitrogen functional groups attached to an aromatic ring is 1. The standard InChI is InChI=1S/C13H18N2O4/c1-17-13(16)11-6-9(14)7-15-12(11)19-8-10-4-2-3-5-18-10/h6-7,10H,2-5,8,14H2,1H3. The molecule has 1 aromatic heterocycles. The predicted octanol–water partition coefficient (Wildman–Crippen LogP) is 1.40. The summed E-state index contributed by atoms with van der Waals surface area (Å²) in [6, 6.07) is 1.50. The van der Waals surface area contributed by atoms with E-state index in [4.69, 9.17) is 15.2 Å². The summed E-state index contributed by atoms with van der Waals surface area (Å²) in [5.41, 5.74) is 6.23. The zero-order valence-corrected chi connectivity index (χ0v) is 10.9. The van der Waals surface area contributed by atoms with E-state index in [1.807, 2.05) is 0 Å². The van der Waals surface area contributed by atoms with E-state index < -0.39 is 5.97 Å². The van der Waals surface area contributed by atoms with Gasteiger partial charge in [0, 0.05) is 6.61 Å². The predicted molar refractivity (Wildman–Crippen MR) is 69.1 cm³/mol. The first-order valence-corrected chi connectivity index (χ1v) is 6.29. The molecule has 1 saturated heterocycles. The molecule has 1 fully saturated rings. The summed E-state index contributed by atoms with van der Waals surface area (Å²) in [5, 5.41) is 0. The summed E-state index contributed by atoms with van der Waals surface area (Å²) in [7, 11) is 1.31. The van der Waals surface area contributed by atoms with Gasteiger partial charge in [-0.3, -0.25) is 0 Å². The lowest BCUT2D eigenvalue weighted by Gasteiger charge is -2.22. The number of rotatable bonds is 4. The molecule has 0 spiro atoms. The summed E-state index contributed by atoms with van der Waals surface area (Å²) in [4.78, 5) is 15.6. The minimum atomic E-state index is -0.514. The fourth-order valence-corrected chi connectivity index (χ4v) is 1.95. The Kier molecular flexibility index (Phi) is 4.57. The normalized spacial score (nSPS) is 18.9. The van der Waals surface area contributed by atoms with Crippen molar-refractivity contribution in [2.75, 3.05) is 26.1 Å². The van der Waals surface area contributed by atoms with Crippen LogP contribution in [-0.4, -0.2) is 37.4 Å². The second-order valence-corrected chi connectivity index (χ2v) is 4.41. The Morgan fingerprint density at radius 3 is 3.11 bits per heavy atom. The van der Waals surface area contributed by atoms with Crippen LogP contribution < -0.4 is 10.5 Å². The van der Waals surface area contributed by atoms with Gasteiger partial charge in [0.05, 0.1) is 25.1 Å². The molecular weight excluding hydrogens is 248 g/mol. The molecule has 0 radical (unpaired) electrons. The van der Waals surface area contributed by atoms with Crippen LogP contribution in [0.15, 0.2) is 12.3 Å². The van der Waals surface area contributed by atoms with Gasteiger partial charge in [0.2, 0.25) is 5.88 Å². The molecule has 2 heterocycles. The Morgan fingerprint density at radius 2 is 2.42 bits per heavy atom. The van der Waals surface area contributed by atoms with Crippen molar-refractivity contribution in [2.24, 2.45) is 0 Å². The van der Waals surface area contributed by atoms with Crippen LogP contribution in [0.4, 0.5) is 5.69 Å². The van der Waals surface area contributed by atoms with E-state index in [0.717, 1.165) is 25.9 Å². The maximum atomic E-state index is 11.6.